The van der Waals surface area contributed by atoms with Crippen LogP contribution < -0.4 is 0 Å². The molecule has 1 aromatic carbocycles. The van der Waals surface area contributed by atoms with E-state index >= 15 is 0 Å². The van der Waals surface area contributed by atoms with Crippen molar-refractivity contribution in [3.63, 3.8) is 0 Å². The van der Waals surface area contributed by atoms with Gasteiger partial charge in [0.2, 0.25) is 0 Å². The SMILES string of the molecule is CC(C=O)c1ccc(F)cc1C(F)(F)F. The molecule has 0 radical (unpaired) electrons. The molecule has 0 aliphatic heterocycles. The molecule has 0 aromatic heterocycles. The van der Waals surface area contributed by atoms with Crippen LogP contribution in [0.25, 0.3) is 0 Å². The van der Waals surface area contributed by atoms with Gasteiger partial charge in [0.25, 0.3) is 0 Å². The zero-order valence-electron chi connectivity index (χ0n) is 7.81. The minimum atomic E-state index is -4.64. The van der Waals surface area contributed by atoms with E-state index in [1.54, 1.807) is 0 Å². The highest BCUT2D eigenvalue weighted by molar-refractivity contribution is 5.62. The summed E-state index contributed by atoms with van der Waals surface area (Å²) < 4.78 is 50.0. The van der Waals surface area contributed by atoms with E-state index in [0.29, 0.717) is 12.4 Å². The predicted octanol–water partition coefficient (Wildman–Crippen LogP) is 3.15. The molecule has 0 bridgehead atoms. The number of hydrogen-bond acceptors (Lipinski definition) is 1. The molecular formula is C10H8F4O. The lowest BCUT2D eigenvalue weighted by atomic mass is 9.96. The second-order valence-electron chi connectivity index (χ2n) is 3.15. The van der Waals surface area contributed by atoms with Crippen LogP contribution in [0.4, 0.5) is 17.6 Å². The molecule has 0 saturated heterocycles. The number of alkyl halides is 3. The number of rotatable bonds is 2. The second kappa shape index (κ2) is 4.00. The summed E-state index contributed by atoms with van der Waals surface area (Å²) in [5.41, 5.74) is -1.30. The van der Waals surface area contributed by atoms with Crippen molar-refractivity contribution in [2.75, 3.05) is 0 Å². The van der Waals surface area contributed by atoms with E-state index in [1.807, 2.05) is 0 Å². The molecule has 0 fully saturated rings. The van der Waals surface area contributed by atoms with Gasteiger partial charge in [0.15, 0.2) is 0 Å². The van der Waals surface area contributed by atoms with Gasteiger partial charge in [-0.15, -0.1) is 0 Å². The van der Waals surface area contributed by atoms with Crippen molar-refractivity contribution in [2.24, 2.45) is 0 Å². The van der Waals surface area contributed by atoms with E-state index in [9.17, 15) is 22.4 Å². The largest absolute Gasteiger partial charge is 0.416 e. The molecule has 1 unspecified atom stereocenters. The van der Waals surface area contributed by atoms with Gasteiger partial charge in [0.05, 0.1) is 5.56 Å². The van der Waals surface area contributed by atoms with Crippen LogP contribution in [0.5, 0.6) is 0 Å². The van der Waals surface area contributed by atoms with E-state index in [2.05, 4.69) is 0 Å². The fourth-order valence-electron chi connectivity index (χ4n) is 1.24. The van der Waals surface area contributed by atoms with E-state index in [1.165, 1.54) is 6.92 Å². The lowest BCUT2D eigenvalue weighted by Gasteiger charge is -2.14. The molecule has 1 atom stereocenters. The topological polar surface area (TPSA) is 17.1 Å². The lowest BCUT2D eigenvalue weighted by molar-refractivity contribution is -0.138. The highest BCUT2D eigenvalue weighted by atomic mass is 19.4. The zero-order chi connectivity index (χ0) is 11.6. The Kier molecular flexibility index (Phi) is 3.12. The van der Waals surface area contributed by atoms with Crippen LogP contribution in [0.2, 0.25) is 0 Å². The molecule has 1 rings (SSSR count). The highest BCUT2D eigenvalue weighted by Crippen LogP contribution is 2.35. The fraction of sp³-hybridized carbons (Fsp3) is 0.300. The summed E-state index contributed by atoms with van der Waals surface area (Å²) in [5.74, 6) is -1.87. The number of aldehydes is 1. The van der Waals surface area contributed by atoms with Crippen molar-refractivity contribution in [1.82, 2.24) is 0 Å². The summed E-state index contributed by atoms with van der Waals surface area (Å²) in [6, 6.07) is 2.29. The summed E-state index contributed by atoms with van der Waals surface area (Å²) in [4.78, 5) is 10.4. The van der Waals surface area contributed by atoms with Crippen molar-refractivity contribution < 1.29 is 22.4 Å². The van der Waals surface area contributed by atoms with E-state index in [0.717, 1.165) is 12.1 Å². The Balaban J connectivity index is 3.33. The van der Waals surface area contributed by atoms with Crippen LogP contribution in [-0.2, 0) is 11.0 Å². The molecule has 15 heavy (non-hydrogen) atoms. The standard InChI is InChI=1S/C10H8F4O/c1-6(5-15)8-3-2-7(11)4-9(8)10(12,13)14/h2-6H,1H3. The Morgan fingerprint density at radius 2 is 1.93 bits per heavy atom. The third-order valence-electron chi connectivity index (χ3n) is 2.02. The van der Waals surface area contributed by atoms with Crippen molar-refractivity contribution in [3.05, 3.63) is 35.1 Å². The van der Waals surface area contributed by atoms with Gasteiger partial charge in [-0.05, 0) is 17.7 Å². The summed E-state index contributed by atoms with van der Waals surface area (Å²) >= 11 is 0. The summed E-state index contributed by atoms with van der Waals surface area (Å²) in [5, 5.41) is 0. The molecule has 0 N–H and O–H groups in total. The smallest absolute Gasteiger partial charge is 0.303 e. The monoisotopic (exact) mass is 220 g/mol. The first kappa shape index (κ1) is 11.7. The number of benzene rings is 1. The molecular weight excluding hydrogens is 212 g/mol. The quantitative estimate of drug-likeness (QED) is 0.552. The molecule has 0 amide bonds. The van der Waals surface area contributed by atoms with Gasteiger partial charge in [0.1, 0.15) is 12.1 Å². The third-order valence-corrected chi connectivity index (χ3v) is 2.02. The van der Waals surface area contributed by atoms with Crippen molar-refractivity contribution in [2.45, 2.75) is 19.0 Å². The number of carbonyl (C=O) groups is 1. The number of hydrogen-bond donors (Lipinski definition) is 0. The molecule has 0 saturated carbocycles. The highest BCUT2D eigenvalue weighted by Gasteiger charge is 2.34. The maximum atomic E-state index is 12.7. The maximum absolute atomic E-state index is 12.7. The van der Waals surface area contributed by atoms with Crippen molar-refractivity contribution in [1.29, 1.82) is 0 Å². The fourth-order valence-corrected chi connectivity index (χ4v) is 1.24. The average Bonchev–Trinajstić information content (AvgIpc) is 2.15. The Morgan fingerprint density at radius 1 is 1.33 bits per heavy atom. The van der Waals surface area contributed by atoms with Crippen LogP contribution in [-0.4, -0.2) is 6.29 Å². The van der Waals surface area contributed by atoms with Crippen LogP contribution in [0.3, 0.4) is 0 Å². The number of carbonyl (C=O) groups excluding carboxylic acids is 1. The average molecular weight is 220 g/mol. The summed E-state index contributed by atoms with van der Waals surface area (Å²) in [7, 11) is 0. The molecule has 0 spiro atoms. The van der Waals surface area contributed by atoms with Gasteiger partial charge in [-0.25, -0.2) is 4.39 Å². The van der Waals surface area contributed by atoms with Gasteiger partial charge in [-0.3, -0.25) is 0 Å². The first-order chi connectivity index (χ1) is 6.86. The minimum Gasteiger partial charge on any atom is -0.303 e. The lowest BCUT2D eigenvalue weighted by Crippen LogP contribution is -2.12. The van der Waals surface area contributed by atoms with Crippen molar-refractivity contribution >= 4 is 6.29 Å². The van der Waals surface area contributed by atoms with Crippen LogP contribution in [0, 0.1) is 5.82 Å². The minimum absolute atomic E-state index is 0.209. The van der Waals surface area contributed by atoms with Gasteiger partial charge in [-0.1, -0.05) is 13.0 Å². The number of halogens is 4. The van der Waals surface area contributed by atoms with Gasteiger partial charge in [0, 0.05) is 5.92 Å². The molecule has 0 heterocycles. The first-order valence-corrected chi connectivity index (χ1v) is 4.18. The van der Waals surface area contributed by atoms with E-state index in [-0.39, 0.29) is 5.56 Å². The summed E-state index contributed by atoms with van der Waals surface area (Å²) in [6.45, 7) is 1.33. The normalized spacial score (nSPS) is 13.7. The molecule has 1 aromatic rings. The maximum Gasteiger partial charge on any atom is 0.416 e. The van der Waals surface area contributed by atoms with Gasteiger partial charge >= 0.3 is 6.18 Å². The van der Waals surface area contributed by atoms with Crippen molar-refractivity contribution in [3.8, 4) is 0 Å². The van der Waals surface area contributed by atoms with Crippen LogP contribution in [0.15, 0.2) is 18.2 Å². The first-order valence-electron chi connectivity index (χ1n) is 4.18. The Labute approximate surface area is 83.7 Å². The molecule has 82 valence electrons. The Morgan fingerprint density at radius 3 is 2.40 bits per heavy atom. The Bertz CT molecular complexity index is 370. The molecule has 0 aliphatic rings. The Hall–Kier alpha value is -1.39. The second-order valence-corrected chi connectivity index (χ2v) is 3.15. The zero-order valence-corrected chi connectivity index (χ0v) is 7.81. The molecule has 5 heteroatoms. The molecule has 1 nitrogen and oxygen atoms in total. The van der Waals surface area contributed by atoms with Crippen LogP contribution in [0.1, 0.15) is 24.0 Å². The van der Waals surface area contributed by atoms with Crippen LogP contribution >= 0.6 is 0 Å². The third kappa shape index (κ3) is 2.55. The van der Waals surface area contributed by atoms with E-state index in [4.69, 9.17) is 0 Å². The summed E-state index contributed by atoms with van der Waals surface area (Å²) in [6.07, 6.45) is -4.25. The molecule has 0 aliphatic carbocycles. The predicted molar refractivity (Wildman–Crippen MR) is 45.9 cm³/mol. The van der Waals surface area contributed by atoms with E-state index < -0.39 is 23.5 Å². The van der Waals surface area contributed by atoms with Gasteiger partial charge < -0.3 is 4.79 Å². The van der Waals surface area contributed by atoms with Gasteiger partial charge in [-0.2, -0.15) is 13.2 Å².